The smallest absolute Gasteiger partial charge is 0.227 e. The van der Waals surface area contributed by atoms with E-state index in [1.54, 1.807) is 47.7 Å². The lowest BCUT2D eigenvalue weighted by molar-refractivity contribution is -0.678. The van der Waals surface area contributed by atoms with E-state index < -0.39 is 0 Å². The molecule has 0 atom stereocenters. The Morgan fingerprint density at radius 1 is 0.864 bits per heavy atom. The van der Waals surface area contributed by atoms with Crippen molar-refractivity contribution in [3.63, 3.8) is 0 Å². The molecule has 0 amide bonds. The van der Waals surface area contributed by atoms with E-state index in [9.17, 15) is 9.59 Å². The van der Waals surface area contributed by atoms with E-state index in [1.807, 2.05) is 39.9 Å². The van der Waals surface area contributed by atoms with Gasteiger partial charge in [0.05, 0.1) is 5.38 Å². The molecule has 1 aromatic heterocycles. The van der Waals surface area contributed by atoms with Gasteiger partial charge in [0.25, 0.3) is 0 Å². The third-order valence-electron chi connectivity index (χ3n) is 3.36. The Morgan fingerprint density at radius 2 is 1.50 bits per heavy atom. The lowest BCUT2D eigenvalue weighted by Crippen LogP contribution is -2.34. The maximum Gasteiger partial charge on any atom is 0.227 e. The topological polar surface area (TPSA) is 38.0 Å². The lowest BCUT2D eigenvalue weighted by atomic mass is 10.0. The molecule has 0 aliphatic heterocycles. The molecule has 0 aliphatic rings. The summed E-state index contributed by atoms with van der Waals surface area (Å²) in [5.74, 6) is -0.00563. The van der Waals surface area contributed by atoms with Gasteiger partial charge in [-0.05, 0) is 0 Å². The molecule has 0 spiro atoms. The molecule has 22 heavy (non-hydrogen) atoms. The third-order valence-corrected chi connectivity index (χ3v) is 4.03. The minimum atomic E-state index is -0.0354. The molecule has 0 bridgehead atoms. The van der Waals surface area contributed by atoms with Crippen molar-refractivity contribution in [2.45, 2.75) is 6.54 Å². The van der Waals surface area contributed by atoms with Gasteiger partial charge in [-0.15, -0.1) is 0 Å². The monoisotopic (exact) mass is 308 g/mol. The fourth-order valence-electron chi connectivity index (χ4n) is 2.17. The molecule has 3 nitrogen and oxygen atoms in total. The predicted octanol–water partition coefficient (Wildman–Crippen LogP) is 3.15. The highest BCUT2D eigenvalue weighted by Gasteiger charge is 2.14. The van der Waals surface area contributed by atoms with Gasteiger partial charge in [0, 0.05) is 16.7 Å². The maximum absolute atomic E-state index is 12.3. The number of hydrogen-bond donors (Lipinski definition) is 0. The molecule has 4 heteroatoms. The molecular weight excluding hydrogens is 294 g/mol. The highest BCUT2D eigenvalue weighted by Crippen LogP contribution is 2.11. The van der Waals surface area contributed by atoms with E-state index in [-0.39, 0.29) is 11.6 Å². The van der Waals surface area contributed by atoms with Crippen LogP contribution in [0, 0.1) is 0 Å². The van der Waals surface area contributed by atoms with Crippen molar-refractivity contribution in [1.82, 2.24) is 0 Å². The second-order valence-electron chi connectivity index (χ2n) is 4.89. The first-order valence-corrected chi connectivity index (χ1v) is 7.82. The van der Waals surface area contributed by atoms with Crippen LogP contribution in [0.15, 0.2) is 71.7 Å². The van der Waals surface area contributed by atoms with Gasteiger partial charge in [0.15, 0.2) is 12.0 Å². The number of rotatable bonds is 5. The Balaban J connectivity index is 1.75. The Morgan fingerprint density at radius 3 is 2.14 bits per heavy atom. The minimum Gasteiger partial charge on any atom is -0.289 e. The first-order chi connectivity index (χ1) is 10.7. The van der Waals surface area contributed by atoms with Crippen LogP contribution in [-0.2, 0) is 6.54 Å². The molecule has 0 fully saturated rings. The number of Topliss-reactive ketones (excluding diaryl/α,β-unsaturated/α-hetero) is 1. The van der Waals surface area contributed by atoms with Crippen LogP contribution in [0.2, 0.25) is 0 Å². The number of ketones is 2. The van der Waals surface area contributed by atoms with Crippen LogP contribution in [0.5, 0.6) is 0 Å². The van der Waals surface area contributed by atoms with Crippen LogP contribution in [0.3, 0.4) is 0 Å². The van der Waals surface area contributed by atoms with E-state index in [4.69, 9.17) is 0 Å². The van der Waals surface area contributed by atoms with Crippen LogP contribution in [0.1, 0.15) is 26.3 Å². The van der Waals surface area contributed by atoms with Crippen LogP contribution in [-0.4, -0.2) is 11.6 Å². The van der Waals surface area contributed by atoms with Gasteiger partial charge >= 0.3 is 0 Å². The SMILES string of the molecule is O=C(C[n+]1ccsc1)c1ccc(C(=O)c2ccccc2)cc1. The maximum atomic E-state index is 12.3. The lowest BCUT2D eigenvalue weighted by Gasteiger charge is -2.02. The number of benzene rings is 2. The van der Waals surface area contributed by atoms with Crippen molar-refractivity contribution in [2.24, 2.45) is 0 Å². The van der Waals surface area contributed by atoms with Gasteiger partial charge in [0.1, 0.15) is 0 Å². The summed E-state index contributed by atoms with van der Waals surface area (Å²) in [6.45, 7) is 0.315. The molecule has 0 N–H and O–H groups in total. The molecular formula is C18H14NO2S+. The Hall–Kier alpha value is -2.59. The second kappa shape index (κ2) is 6.45. The molecule has 1 heterocycles. The number of carbonyl (C=O) groups excluding carboxylic acids is 2. The normalized spacial score (nSPS) is 10.4. The zero-order valence-electron chi connectivity index (χ0n) is 11.8. The highest BCUT2D eigenvalue weighted by atomic mass is 32.1. The van der Waals surface area contributed by atoms with Crippen LogP contribution in [0.4, 0.5) is 0 Å². The molecule has 0 aliphatic carbocycles. The summed E-state index contributed by atoms with van der Waals surface area (Å²) in [4.78, 5) is 24.5. The molecule has 0 saturated heterocycles. The van der Waals surface area contributed by atoms with Crippen LogP contribution in [0.25, 0.3) is 0 Å². The standard InChI is InChI=1S/C18H14NO2S/c20-17(12-19-10-11-22-13-19)14-6-8-16(9-7-14)18(21)15-4-2-1-3-5-15/h1-11,13H,12H2/q+1. The summed E-state index contributed by atoms with van der Waals surface area (Å²) in [5, 5.41) is 1.93. The first-order valence-electron chi connectivity index (χ1n) is 6.88. The van der Waals surface area contributed by atoms with E-state index in [2.05, 4.69) is 0 Å². The molecule has 3 rings (SSSR count). The van der Waals surface area contributed by atoms with Crippen LogP contribution >= 0.6 is 11.3 Å². The summed E-state index contributed by atoms with van der Waals surface area (Å²) in [7, 11) is 0. The number of hydrogen-bond acceptors (Lipinski definition) is 3. The van der Waals surface area contributed by atoms with E-state index in [0.29, 0.717) is 23.2 Å². The summed E-state index contributed by atoms with van der Waals surface area (Å²) in [6, 6.07) is 16.0. The fraction of sp³-hybridized carbons (Fsp3) is 0.0556. The molecule has 108 valence electrons. The van der Waals surface area contributed by atoms with Crippen molar-refractivity contribution in [1.29, 1.82) is 0 Å². The molecule has 0 radical (unpaired) electrons. The van der Waals surface area contributed by atoms with Gasteiger partial charge in [0.2, 0.25) is 17.8 Å². The Kier molecular flexibility index (Phi) is 4.21. The third kappa shape index (κ3) is 3.18. The number of nitrogens with zero attached hydrogens (tertiary/aromatic N) is 1. The van der Waals surface area contributed by atoms with Crippen molar-refractivity contribution in [3.05, 3.63) is 88.4 Å². The molecule has 3 aromatic rings. The first kappa shape index (κ1) is 14.4. The van der Waals surface area contributed by atoms with E-state index in [1.165, 1.54) is 0 Å². The average molecular weight is 308 g/mol. The van der Waals surface area contributed by atoms with E-state index >= 15 is 0 Å². The van der Waals surface area contributed by atoms with Crippen molar-refractivity contribution in [2.75, 3.05) is 0 Å². The Bertz CT molecular complexity index is 778. The number of thiazole rings is 1. The van der Waals surface area contributed by atoms with Crippen molar-refractivity contribution < 1.29 is 14.2 Å². The Labute approximate surface area is 132 Å². The zero-order chi connectivity index (χ0) is 15.4. The zero-order valence-corrected chi connectivity index (χ0v) is 12.6. The van der Waals surface area contributed by atoms with Gasteiger partial charge in [-0.2, -0.15) is 4.57 Å². The van der Waals surface area contributed by atoms with Gasteiger partial charge in [-0.25, -0.2) is 0 Å². The summed E-state index contributed by atoms with van der Waals surface area (Å²) >= 11 is 1.55. The number of carbonyl (C=O) groups is 2. The molecule has 2 aromatic carbocycles. The molecule has 0 unspecified atom stereocenters. The predicted molar refractivity (Wildman–Crippen MR) is 85.2 cm³/mol. The van der Waals surface area contributed by atoms with Crippen molar-refractivity contribution >= 4 is 22.9 Å². The van der Waals surface area contributed by atoms with Crippen molar-refractivity contribution in [3.8, 4) is 0 Å². The summed E-state index contributed by atoms with van der Waals surface area (Å²) in [5.41, 5.74) is 3.75. The summed E-state index contributed by atoms with van der Waals surface area (Å²) < 4.78 is 1.84. The quantitative estimate of drug-likeness (QED) is 0.536. The second-order valence-corrected chi connectivity index (χ2v) is 5.65. The van der Waals surface area contributed by atoms with Crippen LogP contribution < -0.4 is 4.57 Å². The van der Waals surface area contributed by atoms with Gasteiger partial charge in [-0.1, -0.05) is 65.9 Å². The van der Waals surface area contributed by atoms with Gasteiger partial charge < -0.3 is 0 Å². The van der Waals surface area contributed by atoms with E-state index in [0.717, 1.165) is 0 Å². The highest BCUT2D eigenvalue weighted by molar-refractivity contribution is 7.07. The fourth-order valence-corrected chi connectivity index (χ4v) is 2.77. The molecule has 0 saturated carbocycles. The largest absolute Gasteiger partial charge is 0.289 e. The number of aromatic nitrogens is 1. The average Bonchev–Trinajstić information content (AvgIpc) is 3.08. The van der Waals surface area contributed by atoms with Gasteiger partial charge in [-0.3, -0.25) is 9.59 Å². The summed E-state index contributed by atoms with van der Waals surface area (Å²) in [6.07, 6.45) is 1.87. The minimum absolute atomic E-state index is 0.0297.